The first-order valence-electron chi connectivity index (χ1n) is 6.95. The zero-order valence-corrected chi connectivity index (χ0v) is 12.0. The number of hydrogen-bond donors (Lipinski definition) is 0. The number of halogens is 1. The third-order valence-corrected chi connectivity index (χ3v) is 6.18. The van der Waals surface area contributed by atoms with Crippen LogP contribution < -0.4 is 0 Å². The molecule has 3 unspecified atom stereocenters. The molecule has 2 nitrogen and oxygen atoms in total. The predicted molar refractivity (Wildman–Crippen MR) is 77.1 cm³/mol. The summed E-state index contributed by atoms with van der Waals surface area (Å²) in [4.78, 5) is 0. The number of rotatable bonds is 2. The van der Waals surface area contributed by atoms with Crippen LogP contribution in [0.5, 0.6) is 0 Å². The highest BCUT2D eigenvalue weighted by atomic mass is 32.2. The fourth-order valence-corrected chi connectivity index (χ4v) is 5.12. The second kappa shape index (κ2) is 5.49. The van der Waals surface area contributed by atoms with E-state index >= 15 is 0 Å². The van der Waals surface area contributed by atoms with Crippen LogP contribution in [0.2, 0.25) is 0 Å². The van der Waals surface area contributed by atoms with Gasteiger partial charge in [-0.15, -0.1) is 0 Å². The van der Waals surface area contributed by atoms with Gasteiger partial charge in [-0.3, -0.25) is 4.21 Å². The Bertz CT molecular complexity index is 632. The van der Waals surface area contributed by atoms with E-state index in [1.165, 1.54) is 11.6 Å². The van der Waals surface area contributed by atoms with Gasteiger partial charge in [0.25, 0.3) is 0 Å². The van der Waals surface area contributed by atoms with Gasteiger partial charge in [-0.2, -0.15) is 5.26 Å². The molecule has 104 valence electrons. The lowest BCUT2D eigenvalue weighted by Crippen LogP contribution is -2.34. The van der Waals surface area contributed by atoms with Gasteiger partial charge >= 0.3 is 0 Å². The SMILES string of the molecule is N#Cc1ccc(CC2=CC3CCCC(C2)S3=O)c(F)c1. The Morgan fingerprint density at radius 1 is 1.40 bits per heavy atom. The molecule has 0 aromatic heterocycles. The molecule has 2 bridgehead atoms. The Kier molecular flexibility index (Phi) is 3.71. The minimum atomic E-state index is -0.738. The third-order valence-electron chi connectivity index (χ3n) is 4.15. The van der Waals surface area contributed by atoms with Crippen LogP contribution in [-0.4, -0.2) is 14.7 Å². The van der Waals surface area contributed by atoms with Crippen molar-refractivity contribution in [1.82, 2.24) is 0 Å². The molecule has 1 saturated heterocycles. The van der Waals surface area contributed by atoms with Crippen LogP contribution in [0.4, 0.5) is 4.39 Å². The fraction of sp³-hybridized carbons (Fsp3) is 0.438. The van der Waals surface area contributed by atoms with Crippen LogP contribution >= 0.6 is 0 Å². The summed E-state index contributed by atoms with van der Waals surface area (Å²) in [5.74, 6) is -0.318. The van der Waals surface area contributed by atoms with Crippen LogP contribution in [0.15, 0.2) is 29.8 Å². The topological polar surface area (TPSA) is 40.9 Å². The summed E-state index contributed by atoms with van der Waals surface area (Å²) in [6.07, 6.45) is 6.66. The van der Waals surface area contributed by atoms with Crippen molar-refractivity contribution < 1.29 is 8.60 Å². The third kappa shape index (κ3) is 2.55. The Morgan fingerprint density at radius 2 is 2.25 bits per heavy atom. The number of nitrogens with zero attached hydrogens (tertiary/aromatic N) is 1. The highest BCUT2D eigenvalue weighted by molar-refractivity contribution is 7.86. The molecule has 2 heterocycles. The zero-order valence-electron chi connectivity index (χ0n) is 11.1. The van der Waals surface area contributed by atoms with E-state index in [0.717, 1.165) is 25.7 Å². The molecule has 20 heavy (non-hydrogen) atoms. The lowest BCUT2D eigenvalue weighted by Gasteiger charge is -2.32. The van der Waals surface area contributed by atoms with Crippen LogP contribution in [0.3, 0.4) is 0 Å². The first-order valence-corrected chi connectivity index (χ1v) is 8.22. The average molecular weight is 289 g/mol. The molecule has 0 aliphatic carbocycles. The monoisotopic (exact) mass is 289 g/mol. The highest BCUT2D eigenvalue weighted by Gasteiger charge is 2.33. The van der Waals surface area contributed by atoms with Crippen LogP contribution in [0, 0.1) is 17.1 Å². The number of benzene rings is 1. The second-order valence-corrected chi connectivity index (χ2v) is 7.47. The Morgan fingerprint density at radius 3 is 2.95 bits per heavy atom. The smallest absolute Gasteiger partial charge is 0.128 e. The summed E-state index contributed by atoms with van der Waals surface area (Å²) in [6.45, 7) is 0. The van der Waals surface area contributed by atoms with E-state index in [1.54, 1.807) is 12.1 Å². The van der Waals surface area contributed by atoms with Gasteiger partial charge in [-0.05, 0) is 43.4 Å². The van der Waals surface area contributed by atoms with Gasteiger partial charge in [0.2, 0.25) is 0 Å². The van der Waals surface area contributed by atoms with Gasteiger partial charge in [0.1, 0.15) is 5.82 Å². The van der Waals surface area contributed by atoms with Gasteiger partial charge in [0.15, 0.2) is 0 Å². The molecule has 1 aromatic rings. The molecule has 1 fully saturated rings. The minimum absolute atomic E-state index is 0.166. The molecular weight excluding hydrogens is 273 g/mol. The van der Waals surface area contributed by atoms with Crippen molar-refractivity contribution in [3.63, 3.8) is 0 Å². The number of hydrogen-bond acceptors (Lipinski definition) is 2. The second-order valence-electron chi connectivity index (χ2n) is 5.54. The first-order chi connectivity index (χ1) is 9.67. The van der Waals surface area contributed by atoms with E-state index in [-0.39, 0.29) is 16.3 Å². The van der Waals surface area contributed by atoms with Crippen molar-refractivity contribution in [3.05, 3.63) is 46.8 Å². The van der Waals surface area contributed by atoms with Gasteiger partial charge in [-0.1, -0.05) is 24.1 Å². The Hall–Kier alpha value is -1.47. The molecule has 0 amide bonds. The maximum atomic E-state index is 13.9. The minimum Gasteiger partial charge on any atom is -0.259 e. The van der Waals surface area contributed by atoms with E-state index in [9.17, 15) is 8.60 Å². The molecule has 1 aromatic carbocycles. The number of allylic oxidation sites excluding steroid dienone is 1. The average Bonchev–Trinajstić information content (AvgIpc) is 2.42. The summed E-state index contributed by atoms with van der Waals surface area (Å²) >= 11 is 0. The van der Waals surface area contributed by atoms with Crippen LogP contribution in [0.1, 0.15) is 36.8 Å². The Balaban J connectivity index is 1.82. The maximum Gasteiger partial charge on any atom is 0.128 e. The summed E-state index contributed by atoms with van der Waals surface area (Å²) in [5, 5.41) is 9.18. The molecule has 2 aliphatic heterocycles. The lowest BCUT2D eigenvalue weighted by atomic mass is 9.93. The number of fused-ring (bicyclic) bond motifs is 2. The van der Waals surface area contributed by atoms with Crippen molar-refractivity contribution in [3.8, 4) is 6.07 Å². The molecule has 0 saturated carbocycles. The summed E-state index contributed by atoms with van der Waals surface area (Å²) in [5.41, 5.74) is 2.17. The predicted octanol–water partition coefficient (Wildman–Crippen LogP) is 3.24. The van der Waals surface area contributed by atoms with E-state index < -0.39 is 10.8 Å². The van der Waals surface area contributed by atoms with E-state index in [4.69, 9.17) is 5.26 Å². The molecule has 0 spiro atoms. The standard InChI is InChI=1S/C16H16FNOS/c17-16-9-11(10-18)4-5-13(16)6-12-7-14-2-1-3-15(8-12)20(14)19/h4-5,7,9,14-15H,1-3,6,8H2. The quantitative estimate of drug-likeness (QED) is 0.784. The molecule has 3 atom stereocenters. The van der Waals surface area contributed by atoms with Gasteiger partial charge < -0.3 is 0 Å². The van der Waals surface area contributed by atoms with Gasteiger partial charge in [0, 0.05) is 16.0 Å². The molecule has 4 heteroatoms. The molecule has 0 radical (unpaired) electrons. The van der Waals surface area contributed by atoms with Crippen LogP contribution in [-0.2, 0) is 17.2 Å². The van der Waals surface area contributed by atoms with Crippen molar-refractivity contribution >= 4 is 10.8 Å². The van der Waals surface area contributed by atoms with Gasteiger partial charge in [0.05, 0.1) is 16.9 Å². The normalized spacial score (nSPS) is 28.6. The molecule has 2 aliphatic rings. The summed E-state index contributed by atoms with van der Waals surface area (Å²) in [7, 11) is -0.738. The summed E-state index contributed by atoms with van der Waals surface area (Å²) < 4.78 is 26.0. The molecule has 3 rings (SSSR count). The Labute approximate surface area is 120 Å². The van der Waals surface area contributed by atoms with E-state index in [0.29, 0.717) is 17.5 Å². The van der Waals surface area contributed by atoms with Crippen molar-refractivity contribution in [2.75, 3.05) is 0 Å². The number of nitriles is 1. The zero-order chi connectivity index (χ0) is 14.1. The maximum absolute atomic E-state index is 13.9. The van der Waals surface area contributed by atoms with Crippen molar-refractivity contribution in [1.29, 1.82) is 5.26 Å². The van der Waals surface area contributed by atoms with Crippen molar-refractivity contribution in [2.45, 2.75) is 42.6 Å². The lowest BCUT2D eigenvalue weighted by molar-refractivity contribution is 0.560. The summed E-state index contributed by atoms with van der Waals surface area (Å²) in [6, 6.07) is 6.58. The van der Waals surface area contributed by atoms with E-state index in [1.807, 2.05) is 6.07 Å². The van der Waals surface area contributed by atoms with Gasteiger partial charge in [-0.25, -0.2) is 4.39 Å². The van der Waals surface area contributed by atoms with Crippen molar-refractivity contribution in [2.24, 2.45) is 0 Å². The van der Waals surface area contributed by atoms with Crippen LogP contribution in [0.25, 0.3) is 0 Å². The largest absolute Gasteiger partial charge is 0.259 e. The molecular formula is C16H16FNOS. The van der Waals surface area contributed by atoms with E-state index in [2.05, 4.69) is 6.08 Å². The molecule has 0 N–H and O–H groups in total. The fourth-order valence-electron chi connectivity index (χ4n) is 3.12. The first kappa shape index (κ1) is 13.5. The highest BCUT2D eigenvalue weighted by Crippen LogP contribution is 2.34.